The Morgan fingerprint density at radius 2 is 1.79 bits per heavy atom. The first-order valence-corrected chi connectivity index (χ1v) is 12.6. The second kappa shape index (κ2) is 10.8. The van der Waals surface area contributed by atoms with Crippen LogP contribution >= 0.6 is 0 Å². The summed E-state index contributed by atoms with van der Waals surface area (Å²) in [4.78, 5) is 29.2. The molecular formula is C27H31FN6O4. The summed E-state index contributed by atoms with van der Waals surface area (Å²) in [5, 5.41) is 3.04. The number of rotatable bonds is 5. The van der Waals surface area contributed by atoms with E-state index in [1.807, 2.05) is 32.9 Å². The Kier molecular flexibility index (Phi) is 7.28. The molecule has 2 aliphatic heterocycles. The second-order valence-electron chi connectivity index (χ2n) is 10.2. The minimum Gasteiger partial charge on any atom is -0.486 e. The molecule has 0 unspecified atom stereocenters. The van der Waals surface area contributed by atoms with Crippen LogP contribution in [0.5, 0.6) is 11.5 Å². The van der Waals surface area contributed by atoms with Gasteiger partial charge in [0.1, 0.15) is 30.3 Å². The molecule has 0 atom stereocenters. The number of aromatic nitrogens is 3. The lowest BCUT2D eigenvalue weighted by Gasteiger charge is -2.35. The van der Waals surface area contributed by atoms with Gasteiger partial charge in [0.2, 0.25) is 5.95 Å². The predicted molar refractivity (Wildman–Crippen MR) is 139 cm³/mol. The zero-order valence-electron chi connectivity index (χ0n) is 21.7. The number of benzene rings is 1. The third-order valence-corrected chi connectivity index (χ3v) is 6.05. The van der Waals surface area contributed by atoms with Gasteiger partial charge in [-0.1, -0.05) is 6.07 Å². The summed E-state index contributed by atoms with van der Waals surface area (Å²) in [7, 11) is 0. The molecular weight excluding hydrogens is 491 g/mol. The molecule has 0 saturated carbocycles. The number of nitrogens with one attached hydrogen (secondary N) is 1. The Morgan fingerprint density at radius 1 is 1.03 bits per heavy atom. The van der Waals surface area contributed by atoms with Crippen molar-refractivity contribution >= 4 is 17.9 Å². The van der Waals surface area contributed by atoms with Gasteiger partial charge in [-0.25, -0.2) is 24.1 Å². The van der Waals surface area contributed by atoms with Crippen LogP contribution in [0.15, 0.2) is 42.7 Å². The van der Waals surface area contributed by atoms with Crippen LogP contribution in [-0.2, 0) is 11.3 Å². The van der Waals surface area contributed by atoms with E-state index in [0.717, 1.165) is 31.4 Å². The molecule has 2 aromatic heterocycles. The van der Waals surface area contributed by atoms with Crippen molar-refractivity contribution in [3.05, 3.63) is 54.1 Å². The van der Waals surface area contributed by atoms with Crippen molar-refractivity contribution in [1.29, 1.82) is 0 Å². The molecule has 200 valence electrons. The number of anilines is 2. The summed E-state index contributed by atoms with van der Waals surface area (Å²) < 4.78 is 31.2. The van der Waals surface area contributed by atoms with Crippen LogP contribution in [-0.4, -0.2) is 75.8 Å². The number of piperazine rings is 1. The predicted octanol–water partition coefficient (Wildman–Crippen LogP) is 4.25. The summed E-state index contributed by atoms with van der Waals surface area (Å²) in [5.74, 6) is 1.42. The maximum atomic E-state index is 14.6. The lowest BCUT2D eigenvalue weighted by atomic mass is 10.1. The molecule has 1 N–H and O–H groups in total. The molecule has 0 spiro atoms. The fraction of sp³-hybridized carbons (Fsp3) is 0.407. The van der Waals surface area contributed by atoms with E-state index in [4.69, 9.17) is 14.2 Å². The Morgan fingerprint density at radius 3 is 2.50 bits per heavy atom. The van der Waals surface area contributed by atoms with E-state index in [0.29, 0.717) is 49.2 Å². The van der Waals surface area contributed by atoms with E-state index in [-0.39, 0.29) is 17.7 Å². The Bertz CT molecular complexity index is 1290. The van der Waals surface area contributed by atoms with E-state index in [1.165, 1.54) is 0 Å². The van der Waals surface area contributed by atoms with Crippen LogP contribution in [0.25, 0.3) is 11.3 Å². The number of amides is 1. The van der Waals surface area contributed by atoms with Gasteiger partial charge >= 0.3 is 6.09 Å². The molecule has 1 fully saturated rings. The van der Waals surface area contributed by atoms with Gasteiger partial charge in [0.05, 0.1) is 6.20 Å². The van der Waals surface area contributed by atoms with E-state index in [2.05, 4.69) is 25.2 Å². The monoisotopic (exact) mass is 522 g/mol. The molecule has 0 aliphatic carbocycles. The number of carbonyl (C=O) groups excluding carboxylic acids is 1. The highest BCUT2D eigenvalue weighted by atomic mass is 19.1. The van der Waals surface area contributed by atoms with Crippen LogP contribution in [0.4, 0.5) is 21.0 Å². The largest absolute Gasteiger partial charge is 0.486 e. The van der Waals surface area contributed by atoms with Crippen molar-refractivity contribution in [2.75, 3.05) is 44.7 Å². The number of pyridine rings is 1. The first-order valence-electron chi connectivity index (χ1n) is 12.6. The SMILES string of the molecule is CC(C)(C)OC(=O)N1CCN(Cc2ccc(Nc3ncc(F)c(-c4ccc5c(c4)OCCO5)n3)nc2)CC1. The third-order valence-electron chi connectivity index (χ3n) is 6.05. The molecule has 2 aliphatic rings. The zero-order valence-corrected chi connectivity index (χ0v) is 21.7. The van der Waals surface area contributed by atoms with Crippen LogP contribution in [0.2, 0.25) is 0 Å². The van der Waals surface area contributed by atoms with Gasteiger partial charge in [-0.15, -0.1) is 0 Å². The van der Waals surface area contributed by atoms with E-state index >= 15 is 0 Å². The number of hydrogen-bond donors (Lipinski definition) is 1. The highest BCUT2D eigenvalue weighted by Crippen LogP contribution is 2.35. The summed E-state index contributed by atoms with van der Waals surface area (Å²) >= 11 is 0. The smallest absolute Gasteiger partial charge is 0.410 e. The first kappa shape index (κ1) is 25.7. The number of carbonyl (C=O) groups is 1. The van der Waals surface area contributed by atoms with Crippen LogP contribution in [0, 0.1) is 5.82 Å². The maximum Gasteiger partial charge on any atom is 0.410 e. The van der Waals surface area contributed by atoms with Gasteiger partial charge in [0.15, 0.2) is 17.3 Å². The van der Waals surface area contributed by atoms with Crippen LogP contribution in [0.3, 0.4) is 0 Å². The Hall–Kier alpha value is -3.99. The quantitative estimate of drug-likeness (QED) is 0.527. The molecule has 5 rings (SSSR count). The minimum absolute atomic E-state index is 0.154. The van der Waals surface area contributed by atoms with E-state index < -0.39 is 11.4 Å². The molecule has 0 bridgehead atoms. The van der Waals surface area contributed by atoms with Gasteiger partial charge in [-0.2, -0.15) is 0 Å². The average molecular weight is 523 g/mol. The molecule has 1 saturated heterocycles. The lowest BCUT2D eigenvalue weighted by Crippen LogP contribution is -2.49. The molecule has 1 aromatic carbocycles. The van der Waals surface area contributed by atoms with Gasteiger partial charge in [0, 0.05) is 44.5 Å². The van der Waals surface area contributed by atoms with Gasteiger partial charge in [-0.05, 0) is 50.6 Å². The zero-order chi connectivity index (χ0) is 26.7. The highest BCUT2D eigenvalue weighted by Gasteiger charge is 2.26. The molecule has 0 radical (unpaired) electrons. The number of ether oxygens (including phenoxy) is 3. The molecule has 38 heavy (non-hydrogen) atoms. The van der Waals surface area contributed by atoms with E-state index in [9.17, 15) is 9.18 Å². The van der Waals surface area contributed by atoms with Crippen LogP contribution in [0.1, 0.15) is 26.3 Å². The summed E-state index contributed by atoms with van der Waals surface area (Å²) in [6.45, 7) is 10.0. The van der Waals surface area contributed by atoms with Crippen molar-refractivity contribution in [1.82, 2.24) is 24.8 Å². The van der Waals surface area contributed by atoms with Gasteiger partial charge in [-0.3, -0.25) is 4.90 Å². The Labute approximate surface area is 220 Å². The number of nitrogens with zero attached hydrogens (tertiary/aromatic N) is 5. The van der Waals surface area contributed by atoms with E-state index in [1.54, 1.807) is 29.3 Å². The topological polar surface area (TPSA) is 102 Å². The summed E-state index contributed by atoms with van der Waals surface area (Å²) in [6, 6.07) is 9.01. The van der Waals surface area contributed by atoms with Crippen molar-refractivity contribution < 1.29 is 23.4 Å². The molecule has 11 heteroatoms. The molecule has 4 heterocycles. The summed E-state index contributed by atoms with van der Waals surface area (Å²) in [5.41, 5.74) is 1.26. The van der Waals surface area contributed by atoms with Gasteiger partial charge in [0.25, 0.3) is 0 Å². The average Bonchev–Trinajstić information content (AvgIpc) is 2.90. The van der Waals surface area contributed by atoms with Crippen molar-refractivity contribution in [3.63, 3.8) is 0 Å². The third kappa shape index (κ3) is 6.28. The standard InChI is InChI=1S/C27H31FN6O4/c1-27(2,3)38-26(35)34-10-8-33(9-11-34)17-18-4-7-23(29-15-18)31-25-30-16-20(28)24(32-25)19-5-6-21-22(14-19)37-13-12-36-21/h4-7,14-16H,8-13,17H2,1-3H3,(H,29,30,31,32). The first-order chi connectivity index (χ1) is 18.2. The van der Waals surface area contributed by atoms with Crippen molar-refractivity contribution in [2.45, 2.75) is 32.9 Å². The fourth-order valence-corrected chi connectivity index (χ4v) is 4.20. The lowest BCUT2D eigenvalue weighted by molar-refractivity contribution is 0.0139. The number of hydrogen-bond acceptors (Lipinski definition) is 9. The Balaban J connectivity index is 1.18. The highest BCUT2D eigenvalue weighted by molar-refractivity contribution is 5.68. The second-order valence-corrected chi connectivity index (χ2v) is 10.2. The van der Waals surface area contributed by atoms with Gasteiger partial charge < -0.3 is 24.4 Å². The minimum atomic E-state index is -0.540. The maximum absolute atomic E-state index is 14.6. The van der Waals surface area contributed by atoms with Crippen LogP contribution < -0.4 is 14.8 Å². The van der Waals surface area contributed by atoms with Crippen molar-refractivity contribution in [3.8, 4) is 22.8 Å². The fourth-order valence-electron chi connectivity index (χ4n) is 4.20. The molecule has 1 amide bonds. The molecule has 3 aromatic rings. The summed E-state index contributed by atoms with van der Waals surface area (Å²) in [6.07, 6.45) is 2.65. The number of fused-ring (bicyclic) bond motifs is 1. The van der Waals surface area contributed by atoms with Crippen molar-refractivity contribution in [2.24, 2.45) is 0 Å². The molecule has 10 nitrogen and oxygen atoms in total. The number of halogens is 1. The normalized spacial score (nSPS) is 15.7.